The number of carbonyl (C=O) groups is 1. The van der Waals surface area contributed by atoms with Gasteiger partial charge in [-0.05, 0) is 166 Å². The smallest absolute Gasteiger partial charge is 0.345 e. The van der Waals surface area contributed by atoms with Gasteiger partial charge in [0.1, 0.15) is 33.3 Å². The number of ether oxygens (including phenoxy) is 5. The number of aliphatic hydroxyl groups excluding tert-OH is 2. The second-order valence-electron chi connectivity index (χ2n) is 32.0. The van der Waals surface area contributed by atoms with Gasteiger partial charge in [-0.3, -0.25) is 19.3 Å². The first kappa shape index (κ1) is 81.2. The number of amides is 1. The lowest BCUT2D eigenvalue weighted by Crippen LogP contribution is -2.52. The van der Waals surface area contributed by atoms with Gasteiger partial charge in [0.15, 0.2) is 0 Å². The van der Waals surface area contributed by atoms with E-state index in [0.717, 1.165) is 153 Å². The minimum Gasteiger partial charge on any atom is -0.393 e. The zero-order chi connectivity index (χ0) is 80.0. The van der Waals surface area contributed by atoms with Crippen molar-refractivity contribution in [3.05, 3.63) is 130 Å². The van der Waals surface area contributed by atoms with Crippen LogP contribution < -0.4 is 15.5 Å². The molecular weight excluding hydrogens is 1480 g/mol. The van der Waals surface area contributed by atoms with Gasteiger partial charge in [-0.25, -0.2) is 33.5 Å². The lowest BCUT2D eigenvalue weighted by Gasteiger charge is -2.39. The van der Waals surface area contributed by atoms with Gasteiger partial charge in [-0.2, -0.15) is 29.2 Å². The molecule has 34 heteroatoms. The SMILES string of the molecule is COC[C@H](C)Nc1ncc2c(-c3cnn(C(C)(C)C(=O)N4CCOCC4)c3)cc([C@@H]3CCc4cn[nH]c4C3)n2n1.COC[C@H](C)Nc1ncc2c(-c3cnn(Cc4nnc(C)s4)c3)cc(C3CCC(O)CC3)n2n1.C[C@@H](COC(F)F)Cc1ncc2c(-c3ccnc(N4CCO[C@@H](C(C)(C)O)C4)c3)cc(C3CCC(O)CC3)n2n1. The van der Waals surface area contributed by atoms with Crippen molar-refractivity contribution < 1.29 is 52.6 Å². The maximum Gasteiger partial charge on any atom is 0.345 e. The monoisotopic (exact) mass is 1590 g/mol. The van der Waals surface area contributed by atoms with Crippen molar-refractivity contribution in [1.82, 2.24) is 93.6 Å². The van der Waals surface area contributed by atoms with Crippen LogP contribution in [0.2, 0.25) is 0 Å². The van der Waals surface area contributed by atoms with E-state index in [0.29, 0.717) is 95.8 Å². The van der Waals surface area contributed by atoms with E-state index in [9.17, 15) is 28.9 Å². The minimum absolute atomic E-state index is 0.0367. The molecule has 2 aliphatic heterocycles. The predicted octanol–water partition coefficient (Wildman–Crippen LogP) is 10.1. The van der Waals surface area contributed by atoms with Crippen molar-refractivity contribution in [2.24, 2.45) is 5.92 Å². The summed E-state index contributed by atoms with van der Waals surface area (Å²) in [6.07, 6.45) is 26.1. The van der Waals surface area contributed by atoms with Crippen LogP contribution in [0.25, 0.3) is 49.9 Å². The average molecular weight is 1590 g/mol. The topological polar surface area (TPSA) is 348 Å². The van der Waals surface area contributed by atoms with Gasteiger partial charge in [0.25, 0.3) is 0 Å². The standard InChI is InChI=1S/C29H39F2N5O4.C28H37N9O3.C23H30N8O2S/c1-18(17-40-28(30)31)12-26-33-15-24-22(14-23(36(24)34-26)19-4-6-21(37)7-5-19)20-8-9-32-27(13-20)35-10-11-39-25(16-35)29(2,3)38;1-18(17-39-4)32-27-29-15-25-22(12-24(37(25)34-27)19-5-6-20-13-30-33-23(20)11-19)21-14-31-36(16-21)28(2,3)26(38)35-7-9-40-10-8-35;1-14(13-33-3)26-23-24-10-21-19(8-20(31(21)29-23)16-4-6-18(32)7-5-16)17-9-25-30(11-17)12-22-28-27-15(2)34-22/h8-9,13-15,18-19,21,25,28,37-38H,4-7,10-12,16-17H2,1-3H3;12-16,18-19H,5-11,17H2,1-4H3,(H,30,33)(H,32,34);8-11,14,16,18,32H,4-7,12-13H2,1-3H3,(H,26,29)/t18-,19?,21?,25-;18-,19+;14-,16?,18?/m100/s1. The van der Waals surface area contributed by atoms with Gasteiger partial charge in [-0.15, -0.1) is 20.4 Å². The number of hydrogen-bond acceptors (Lipinski definition) is 25. The number of H-pyrrole nitrogens is 1. The number of nitrogens with one attached hydrogen (secondary N) is 3. The maximum atomic E-state index is 13.4. The van der Waals surface area contributed by atoms with E-state index in [-0.39, 0.29) is 60.7 Å². The minimum atomic E-state index is -2.80. The third-order valence-electron chi connectivity index (χ3n) is 22.3. The van der Waals surface area contributed by atoms with E-state index < -0.39 is 17.8 Å². The number of carbonyl (C=O) groups excluding carboxylic acids is 1. The Labute approximate surface area is 664 Å². The third kappa shape index (κ3) is 18.9. The van der Waals surface area contributed by atoms with Gasteiger partial charge in [0.2, 0.25) is 17.8 Å². The molecule has 3 aliphatic carbocycles. The molecule has 2 saturated carbocycles. The number of fused-ring (bicyclic) bond motifs is 4. The number of methoxy groups -OCH3 is 2. The molecule has 13 heterocycles. The summed E-state index contributed by atoms with van der Waals surface area (Å²) in [5, 5.41) is 78.7. The predicted molar refractivity (Wildman–Crippen MR) is 426 cm³/mol. The fourth-order valence-corrected chi connectivity index (χ4v) is 16.8. The number of aliphatic hydroxyl groups is 3. The van der Waals surface area contributed by atoms with E-state index in [1.54, 1.807) is 56.5 Å². The van der Waals surface area contributed by atoms with E-state index >= 15 is 0 Å². The van der Waals surface area contributed by atoms with E-state index in [2.05, 4.69) is 89.0 Å². The highest BCUT2D eigenvalue weighted by Gasteiger charge is 2.38. The van der Waals surface area contributed by atoms with Crippen molar-refractivity contribution in [3.8, 4) is 33.4 Å². The molecule has 31 nitrogen and oxygen atoms in total. The molecule has 0 bridgehead atoms. The van der Waals surface area contributed by atoms with Crippen LogP contribution in [0.5, 0.6) is 0 Å². The molecule has 16 rings (SSSR count). The van der Waals surface area contributed by atoms with Gasteiger partial charge >= 0.3 is 6.61 Å². The molecule has 0 spiro atoms. The highest BCUT2D eigenvalue weighted by Crippen LogP contribution is 2.42. The van der Waals surface area contributed by atoms with Crippen LogP contribution >= 0.6 is 11.3 Å². The summed E-state index contributed by atoms with van der Waals surface area (Å²) >= 11 is 1.58. The number of rotatable bonds is 25. The molecule has 11 aromatic rings. The summed E-state index contributed by atoms with van der Waals surface area (Å²) in [5.74, 6) is 3.20. The molecule has 0 unspecified atom stereocenters. The number of anilines is 3. The summed E-state index contributed by atoms with van der Waals surface area (Å²) in [5.41, 5.74) is 12.6. The number of nitrogens with zero attached hydrogens (tertiary/aromatic N) is 19. The van der Waals surface area contributed by atoms with Gasteiger partial charge in [0.05, 0.1) is 118 Å². The molecule has 0 radical (unpaired) electrons. The zero-order valence-corrected chi connectivity index (χ0v) is 67.4. The van der Waals surface area contributed by atoms with Crippen LogP contribution in [0.1, 0.15) is 168 Å². The molecule has 5 aliphatic rings. The Kier molecular flexibility index (Phi) is 25.5. The first-order valence-electron chi connectivity index (χ1n) is 39.7. The largest absolute Gasteiger partial charge is 0.393 e. The van der Waals surface area contributed by atoms with Crippen molar-refractivity contribution in [1.29, 1.82) is 0 Å². The van der Waals surface area contributed by atoms with Gasteiger partial charge in [-0.1, -0.05) is 18.3 Å². The first-order chi connectivity index (χ1) is 54.9. The Morgan fingerprint density at radius 2 is 1.27 bits per heavy atom. The van der Waals surface area contributed by atoms with Crippen LogP contribution in [-0.2, 0) is 59.8 Å². The molecular formula is C80H106F2N22O9S. The normalized spacial score (nSPS) is 20.5. The Morgan fingerprint density at radius 3 is 1.87 bits per heavy atom. The molecule has 1 amide bonds. The lowest BCUT2D eigenvalue weighted by molar-refractivity contribution is -0.143. The fraction of sp³-hybridized carbons (Fsp3) is 0.562. The van der Waals surface area contributed by atoms with E-state index in [1.165, 1.54) is 11.3 Å². The molecule has 114 heavy (non-hydrogen) atoms. The number of pyridine rings is 1. The second-order valence-corrected chi connectivity index (χ2v) is 33.3. The summed E-state index contributed by atoms with van der Waals surface area (Å²) in [6.45, 7) is 18.1. The highest BCUT2D eigenvalue weighted by molar-refractivity contribution is 7.11. The highest BCUT2D eigenvalue weighted by atomic mass is 32.1. The number of morpholine rings is 2. The Bertz CT molecular complexity index is 5030. The number of hydrogen-bond donors (Lipinski definition) is 6. The number of halogens is 2. The van der Waals surface area contributed by atoms with Crippen LogP contribution in [0.4, 0.5) is 26.5 Å². The molecule has 4 fully saturated rings. The average Bonchev–Trinajstić information content (AvgIpc) is 1.59. The Hall–Kier alpha value is -9.39. The number of aryl methyl sites for hydroxylation is 2. The summed E-state index contributed by atoms with van der Waals surface area (Å²) in [4.78, 5) is 35.8. The lowest BCUT2D eigenvalue weighted by atomic mass is 9.85. The van der Waals surface area contributed by atoms with Crippen LogP contribution in [-0.4, -0.2) is 238 Å². The van der Waals surface area contributed by atoms with Crippen LogP contribution in [0, 0.1) is 12.8 Å². The van der Waals surface area contributed by atoms with Crippen LogP contribution in [0.3, 0.4) is 0 Å². The van der Waals surface area contributed by atoms with E-state index in [1.807, 2.05) is 120 Å². The molecule has 11 aromatic heterocycles. The van der Waals surface area contributed by atoms with Crippen LogP contribution in [0.15, 0.2) is 86.1 Å². The Balaban J connectivity index is 0.000000142. The van der Waals surface area contributed by atoms with Gasteiger partial charge in [0, 0.05) is 146 Å². The van der Waals surface area contributed by atoms with Crippen molar-refractivity contribution in [2.45, 2.75) is 205 Å². The van der Waals surface area contributed by atoms with E-state index in [4.69, 9.17) is 34.2 Å². The second kappa shape index (κ2) is 35.8. The van der Waals surface area contributed by atoms with Gasteiger partial charge < -0.3 is 59.4 Å². The molecule has 610 valence electrons. The molecule has 0 aromatic carbocycles. The number of aromatic amines is 1. The number of aromatic nitrogens is 18. The van der Waals surface area contributed by atoms with Crippen molar-refractivity contribution in [2.75, 3.05) is 95.6 Å². The Morgan fingerprint density at radius 1 is 0.684 bits per heavy atom. The molecule has 6 N–H and O–H groups in total. The quantitative estimate of drug-likeness (QED) is 0.0310. The first-order valence-corrected chi connectivity index (χ1v) is 40.5. The van der Waals surface area contributed by atoms with Crippen molar-refractivity contribution >= 4 is 51.5 Å². The summed E-state index contributed by atoms with van der Waals surface area (Å²) in [6, 6.07) is 10.8. The molecule has 5 atom stereocenters. The van der Waals surface area contributed by atoms with Crippen molar-refractivity contribution in [3.63, 3.8) is 0 Å². The number of alkyl halides is 2. The maximum absolute atomic E-state index is 13.4. The summed E-state index contributed by atoms with van der Waals surface area (Å²) < 4.78 is 60.9. The molecule has 2 saturated heterocycles. The zero-order valence-electron chi connectivity index (χ0n) is 66.6. The fourth-order valence-electron chi connectivity index (χ4n) is 16.1. The summed E-state index contributed by atoms with van der Waals surface area (Å²) in [7, 11) is 3.36. The third-order valence-corrected chi connectivity index (χ3v) is 23.1.